The van der Waals surface area contributed by atoms with Gasteiger partial charge in [-0.3, -0.25) is 4.79 Å². The maximum absolute atomic E-state index is 12.6. The Kier molecular flexibility index (Phi) is 4.84. The van der Waals surface area contributed by atoms with Crippen LogP contribution in [0.2, 0.25) is 0 Å². The highest BCUT2D eigenvalue weighted by Crippen LogP contribution is 2.26. The normalized spacial score (nSPS) is 10.9. The van der Waals surface area contributed by atoms with Crippen molar-refractivity contribution < 1.29 is 9.53 Å². The van der Waals surface area contributed by atoms with Crippen molar-refractivity contribution in [2.24, 2.45) is 0 Å². The molecule has 0 N–H and O–H groups in total. The zero-order chi connectivity index (χ0) is 18.6. The molecular weight excluding hydrogens is 360 g/mol. The summed E-state index contributed by atoms with van der Waals surface area (Å²) in [5, 5.41) is 14.5. The van der Waals surface area contributed by atoms with Gasteiger partial charge in [0.25, 0.3) is 0 Å². The van der Waals surface area contributed by atoms with Crippen molar-refractivity contribution in [2.45, 2.75) is 5.16 Å². The molecule has 134 valence electrons. The number of carbonyl (C=O) groups excluding carboxylic acids is 1. The molecule has 0 fully saturated rings. The lowest BCUT2D eigenvalue weighted by atomic mass is 10.1. The van der Waals surface area contributed by atoms with Gasteiger partial charge in [0.2, 0.25) is 5.16 Å². The Morgan fingerprint density at radius 3 is 2.67 bits per heavy atom. The molecule has 4 aromatic rings. The Morgan fingerprint density at radius 1 is 1.04 bits per heavy atom. The van der Waals surface area contributed by atoms with Gasteiger partial charge in [-0.2, -0.15) is 4.68 Å². The summed E-state index contributed by atoms with van der Waals surface area (Å²) in [5.74, 6) is 0.932. The van der Waals surface area contributed by atoms with Crippen LogP contribution in [-0.2, 0) is 0 Å². The topological polar surface area (TPSA) is 69.9 Å². The fourth-order valence-electron chi connectivity index (χ4n) is 2.80. The maximum atomic E-state index is 12.6. The van der Waals surface area contributed by atoms with Crippen molar-refractivity contribution >= 4 is 28.3 Å². The van der Waals surface area contributed by atoms with Crippen LogP contribution in [0.25, 0.3) is 16.5 Å². The van der Waals surface area contributed by atoms with Crippen molar-refractivity contribution in [3.63, 3.8) is 0 Å². The molecule has 0 amide bonds. The van der Waals surface area contributed by atoms with Gasteiger partial charge in [-0.05, 0) is 39.4 Å². The molecule has 4 rings (SSSR count). The van der Waals surface area contributed by atoms with Crippen LogP contribution in [0.1, 0.15) is 10.4 Å². The molecule has 0 unspecified atom stereocenters. The Balaban J connectivity index is 1.54. The van der Waals surface area contributed by atoms with Gasteiger partial charge >= 0.3 is 0 Å². The SMILES string of the molecule is COc1ccccc1-n1nnnc1SCC(=O)c1ccc2ccccc2c1. The molecule has 0 spiro atoms. The summed E-state index contributed by atoms with van der Waals surface area (Å²) in [7, 11) is 1.60. The van der Waals surface area contributed by atoms with E-state index in [1.165, 1.54) is 11.8 Å². The van der Waals surface area contributed by atoms with Crippen LogP contribution in [0.4, 0.5) is 0 Å². The Morgan fingerprint density at radius 2 is 1.81 bits per heavy atom. The first-order valence-corrected chi connectivity index (χ1v) is 9.31. The molecule has 27 heavy (non-hydrogen) atoms. The lowest BCUT2D eigenvalue weighted by Gasteiger charge is -2.08. The number of benzene rings is 3. The van der Waals surface area contributed by atoms with E-state index in [-0.39, 0.29) is 11.5 Å². The van der Waals surface area contributed by atoms with E-state index in [9.17, 15) is 4.79 Å². The van der Waals surface area contributed by atoms with Crippen LogP contribution in [0, 0.1) is 0 Å². The largest absolute Gasteiger partial charge is 0.494 e. The van der Waals surface area contributed by atoms with Crippen LogP contribution in [0.15, 0.2) is 71.9 Å². The molecule has 6 nitrogen and oxygen atoms in total. The highest BCUT2D eigenvalue weighted by molar-refractivity contribution is 7.99. The summed E-state index contributed by atoms with van der Waals surface area (Å²) >= 11 is 1.30. The van der Waals surface area contributed by atoms with Crippen molar-refractivity contribution in [1.82, 2.24) is 20.2 Å². The number of hydrogen-bond acceptors (Lipinski definition) is 6. The van der Waals surface area contributed by atoms with E-state index < -0.39 is 0 Å². The Hall–Kier alpha value is -3.19. The van der Waals surface area contributed by atoms with E-state index >= 15 is 0 Å². The van der Waals surface area contributed by atoms with Crippen LogP contribution in [0.3, 0.4) is 0 Å². The number of rotatable bonds is 6. The molecule has 0 saturated carbocycles. The second-order valence-corrected chi connectivity index (χ2v) is 6.76. The molecule has 0 saturated heterocycles. The monoisotopic (exact) mass is 376 g/mol. The smallest absolute Gasteiger partial charge is 0.214 e. The molecule has 0 atom stereocenters. The highest BCUT2D eigenvalue weighted by atomic mass is 32.2. The van der Waals surface area contributed by atoms with E-state index in [0.29, 0.717) is 16.5 Å². The van der Waals surface area contributed by atoms with E-state index in [2.05, 4.69) is 15.5 Å². The average molecular weight is 376 g/mol. The Bertz CT molecular complexity index is 1110. The van der Waals surface area contributed by atoms with Crippen LogP contribution >= 0.6 is 11.8 Å². The standard InChI is InChI=1S/C20H16N4O2S/c1-26-19-9-5-4-8-17(19)24-20(21-22-23-24)27-13-18(25)16-11-10-14-6-2-3-7-15(14)12-16/h2-12H,13H2,1H3. The summed E-state index contributed by atoms with van der Waals surface area (Å²) in [6, 6.07) is 21.2. The first kappa shape index (κ1) is 17.2. The van der Waals surface area contributed by atoms with Crippen molar-refractivity contribution in [1.29, 1.82) is 0 Å². The molecular formula is C20H16N4O2S. The second-order valence-electron chi connectivity index (χ2n) is 5.82. The average Bonchev–Trinajstić information content (AvgIpc) is 3.20. The second kappa shape index (κ2) is 7.59. The maximum Gasteiger partial charge on any atom is 0.214 e. The molecule has 0 aliphatic carbocycles. The quantitative estimate of drug-likeness (QED) is 0.377. The third-order valence-corrected chi connectivity index (χ3v) is 5.08. The minimum absolute atomic E-state index is 0.0281. The number of fused-ring (bicyclic) bond motifs is 1. The predicted molar refractivity (Wildman–Crippen MR) is 105 cm³/mol. The zero-order valence-electron chi connectivity index (χ0n) is 14.6. The minimum Gasteiger partial charge on any atom is -0.494 e. The highest BCUT2D eigenvalue weighted by Gasteiger charge is 2.15. The summed E-state index contributed by atoms with van der Waals surface area (Å²) in [6.07, 6.45) is 0. The molecule has 0 aliphatic rings. The number of carbonyl (C=O) groups is 1. The lowest BCUT2D eigenvalue weighted by Crippen LogP contribution is -2.05. The number of nitrogens with zero attached hydrogens (tertiary/aromatic N) is 4. The molecule has 3 aromatic carbocycles. The number of ketones is 1. The third-order valence-electron chi connectivity index (χ3n) is 4.16. The van der Waals surface area contributed by atoms with Gasteiger partial charge in [-0.25, -0.2) is 0 Å². The van der Waals surface area contributed by atoms with Gasteiger partial charge < -0.3 is 4.74 Å². The van der Waals surface area contributed by atoms with Gasteiger partial charge in [-0.1, -0.05) is 60.3 Å². The summed E-state index contributed by atoms with van der Waals surface area (Å²) in [6.45, 7) is 0. The van der Waals surface area contributed by atoms with Gasteiger partial charge in [0.15, 0.2) is 5.78 Å². The van der Waals surface area contributed by atoms with E-state index in [1.54, 1.807) is 11.8 Å². The lowest BCUT2D eigenvalue weighted by molar-refractivity contribution is 0.102. The van der Waals surface area contributed by atoms with Gasteiger partial charge in [0.1, 0.15) is 11.4 Å². The number of ether oxygens (including phenoxy) is 1. The van der Waals surface area contributed by atoms with E-state index in [0.717, 1.165) is 16.5 Å². The molecule has 0 bridgehead atoms. The van der Waals surface area contributed by atoms with E-state index in [4.69, 9.17) is 4.74 Å². The fourth-order valence-corrected chi connectivity index (χ4v) is 3.58. The first-order chi connectivity index (χ1) is 13.3. The molecule has 0 aliphatic heterocycles. The minimum atomic E-state index is 0.0281. The number of tetrazole rings is 1. The fraction of sp³-hybridized carbons (Fsp3) is 0.100. The van der Waals surface area contributed by atoms with Gasteiger partial charge in [0, 0.05) is 5.56 Å². The summed E-state index contributed by atoms with van der Waals surface area (Å²) in [4.78, 5) is 12.6. The third kappa shape index (κ3) is 3.54. The number of hydrogen-bond donors (Lipinski definition) is 0. The van der Waals surface area contributed by atoms with Crippen LogP contribution in [-0.4, -0.2) is 38.9 Å². The molecule has 7 heteroatoms. The molecule has 0 radical (unpaired) electrons. The molecule has 1 aromatic heterocycles. The van der Waals surface area contributed by atoms with Crippen LogP contribution < -0.4 is 4.74 Å². The van der Waals surface area contributed by atoms with Crippen molar-refractivity contribution in [2.75, 3.05) is 12.9 Å². The predicted octanol–water partition coefficient (Wildman–Crippen LogP) is 3.80. The summed E-state index contributed by atoms with van der Waals surface area (Å²) < 4.78 is 6.95. The zero-order valence-corrected chi connectivity index (χ0v) is 15.4. The van der Waals surface area contributed by atoms with Crippen LogP contribution in [0.5, 0.6) is 5.75 Å². The van der Waals surface area contributed by atoms with Gasteiger partial charge in [-0.15, -0.1) is 5.10 Å². The number of para-hydroxylation sites is 2. The number of aromatic nitrogens is 4. The van der Waals surface area contributed by atoms with Gasteiger partial charge in [0.05, 0.1) is 12.9 Å². The van der Waals surface area contributed by atoms with E-state index in [1.807, 2.05) is 66.7 Å². The number of Topliss-reactive ketones (excluding diaryl/α,β-unsaturated/α-hetero) is 1. The molecule has 1 heterocycles. The van der Waals surface area contributed by atoms with Crippen molar-refractivity contribution in [3.8, 4) is 11.4 Å². The Labute approximate surface area is 160 Å². The van der Waals surface area contributed by atoms with Crippen molar-refractivity contribution in [3.05, 3.63) is 72.3 Å². The first-order valence-electron chi connectivity index (χ1n) is 8.33. The number of methoxy groups -OCH3 is 1. The number of thioether (sulfide) groups is 1. The summed E-state index contributed by atoms with van der Waals surface area (Å²) in [5.41, 5.74) is 1.41.